The van der Waals surface area contributed by atoms with Crippen LogP contribution in [0.25, 0.3) is 0 Å². The first kappa shape index (κ1) is 17.1. The molecular formula is C12H14F5N3O. The minimum absolute atomic E-state index is 0.236. The zero-order valence-corrected chi connectivity index (χ0v) is 11.3. The number of anilines is 2. The van der Waals surface area contributed by atoms with E-state index in [0.717, 1.165) is 6.20 Å². The van der Waals surface area contributed by atoms with Gasteiger partial charge in [-0.1, -0.05) is 0 Å². The molecule has 118 valence electrons. The molecule has 0 aromatic carbocycles. The number of carbonyl (C=O) groups is 1. The quantitative estimate of drug-likeness (QED) is 0.850. The van der Waals surface area contributed by atoms with Crippen LogP contribution in [0.5, 0.6) is 0 Å². The number of aromatic nitrogens is 1. The average molecular weight is 311 g/mol. The minimum Gasteiger partial charge on any atom is -0.357 e. The molecule has 0 bridgehead atoms. The topological polar surface area (TPSA) is 45.2 Å². The number of nitrogens with zero attached hydrogens (tertiary/aromatic N) is 2. The minimum atomic E-state index is -5.94. The highest BCUT2D eigenvalue weighted by Gasteiger charge is 2.63. The van der Waals surface area contributed by atoms with Crippen molar-refractivity contribution < 1.29 is 26.7 Å². The van der Waals surface area contributed by atoms with Gasteiger partial charge < -0.3 is 10.2 Å². The van der Waals surface area contributed by atoms with Crippen molar-refractivity contribution in [3.05, 3.63) is 18.3 Å². The van der Waals surface area contributed by atoms with Crippen molar-refractivity contribution in [2.75, 3.05) is 23.3 Å². The lowest BCUT2D eigenvalue weighted by molar-refractivity contribution is -0.267. The Morgan fingerprint density at radius 1 is 1.19 bits per heavy atom. The molecule has 1 aromatic heterocycles. The Labute approximate surface area is 118 Å². The van der Waals surface area contributed by atoms with E-state index in [1.807, 2.05) is 18.7 Å². The number of carbonyl (C=O) groups excluding carboxylic acids is 1. The van der Waals surface area contributed by atoms with E-state index in [9.17, 15) is 26.7 Å². The average Bonchev–Trinajstić information content (AvgIpc) is 2.40. The molecule has 0 aliphatic rings. The molecule has 0 spiro atoms. The number of hydrogen-bond acceptors (Lipinski definition) is 3. The summed E-state index contributed by atoms with van der Waals surface area (Å²) in [4.78, 5) is 16.7. The second-order valence-electron chi connectivity index (χ2n) is 4.10. The van der Waals surface area contributed by atoms with Crippen molar-refractivity contribution in [2.24, 2.45) is 0 Å². The third-order valence-corrected chi connectivity index (χ3v) is 2.73. The number of amides is 1. The molecule has 1 heterocycles. The van der Waals surface area contributed by atoms with E-state index in [-0.39, 0.29) is 5.69 Å². The van der Waals surface area contributed by atoms with Gasteiger partial charge in [0.2, 0.25) is 0 Å². The molecule has 0 unspecified atom stereocenters. The fourth-order valence-corrected chi connectivity index (χ4v) is 1.53. The number of halogens is 5. The summed E-state index contributed by atoms with van der Waals surface area (Å²) in [6.45, 7) is 5.07. The van der Waals surface area contributed by atoms with Gasteiger partial charge in [-0.3, -0.25) is 4.79 Å². The van der Waals surface area contributed by atoms with E-state index in [1.165, 1.54) is 17.4 Å². The van der Waals surface area contributed by atoms with E-state index in [1.54, 1.807) is 0 Å². The van der Waals surface area contributed by atoms with Crippen LogP contribution < -0.4 is 10.2 Å². The van der Waals surface area contributed by atoms with E-state index < -0.39 is 18.0 Å². The van der Waals surface area contributed by atoms with Gasteiger partial charge in [0.05, 0.1) is 11.9 Å². The van der Waals surface area contributed by atoms with Crippen LogP contribution in [0, 0.1) is 0 Å². The molecule has 0 saturated carbocycles. The largest absolute Gasteiger partial charge is 0.463 e. The van der Waals surface area contributed by atoms with Crippen LogP contribution >= 0.6 is 0 Å². The number of pyridine rings is 1. The number of hydrogen-bond donors (Lipinski definition) is 1. The Kier molecular flexibility index (Phi) is 5.08. The molecule has 21 heavy (non-hydrogen) atoms. The van der Waals surface area contributed by atoms with Gasteiger partial charge >= 0.3 is 18.0 Å². The normalized spacial score (nSPS) is 12.1. The first-order valence-corrected chi connectivity index (χ1v) is 6.10. The summed E-state index contributed by atoms with van der Waals surface area (Å²) in [6, 6.07) is 2.64. The van der Waals surface area contributed by atoms with E-state index in [4.69, 9.17) is 0 Å². The van der Waals surface area contributed by atoms with Crippen molar-refractivity contribution in [1.29, 1.82) is 0 Å². The van der Waals surface area contributed by atoms with Crippen LogP contribution in [0.1, 0.15) is 13.8 Å². The number of alkyl halides is 5. The molecule has 0 fully saturated rings. The molecule has 4 nitrogen and oxygen atoms in total. The summed E-state index contributed by atoms with van der Waals surface area (Å²) < 4.78 is 61.6. The van der Waals surface area contributed by atoms with Gasteiger partial charge in [-0.15, -0.1) is 0 Å². The number of nitrogens with one attached hydrogen (secondary N) is 1. The lowest BCUT2D eigenvalue weighted by Crippen LogP contribution is -2.47. The lowest BCUT2D eigenvalue weighted by atomic mass is 10.3. The molecule has 9 heteroatoms. The van der Waals surface area contributed by atoms with E-state index in [0.29, 0.717) is 18.9 Å². The van der Waals surface area contributed by atoms with Crippen LogP contribution in [0.2, 0.25) is 0 Å². The zero-order chi connectivity index (χ0) is 16.3. The summed E-state index contributed by atoms with van der Waals surface area (Å²) in [5, 5.41) is 1.50. The summed E-state index contributed by atoms with van der Waals surface area (Å²) in [5.74, 6) is -7.36. The highest BCUT2D eigenvalue weighted by atomic mass is 19.4. The van der Waals surface area contributed by atoms with Crippen molar-refractivity contribution in [3.63, 3.8) is 0 Å². The SMILES string of the molecule is CCN(CC)c1ccc(NC(=O)C(F)(F)C(F)(F)F)cn1. The van der Waals surface area contributed by atoms with Crippen LogP contribution in [0.3, 0.4) is 0 Å². The standard InChI is InChI=1S/C12H14F5N3O/c1-3-20(4-2)9-6-5-8(7-18-9)19-10(21)11(13,14)12(15,16)17/h5-7H,3-4H2,1-2H3,(H,19,21). The van der Waals surface area contributed by atoms with Crippen molar-refractivity contribution >= 4 is 17.4 Å². The second-order valence-corrected chi connectivity index (χ2v) is 4.10. The van der Waals surface area contributed by atoms with Gasteiger partial charge in [-0.05, 0) is 26.0 Å². The highest BCUT2D eigenvalue weighted by molar-refractivity contribution is 5.96. The maximum atomic E-state index is 12.8. The molecular weight excluding hydrogens is 297 g/mol. The molecule has 0 saturated heterocycles. The molecule has 1 aromatic rings. The third kappa shape index (κ3) is 3.79. The maximum Gasteiger partial charge on any atom is 0.463 e. The van der Waals surface area contributed by atoms with Crippen LogP contribution in [-0.4, -0.2) is 36.1 Å². The summed E-state index contributed by atoms with van der Waals surface area (Å²) in [7, 11) is 0. The fraction of sp³-hybridized carbons (Fsp3) is 0.500. The van der Waals surface area contributed by atoms with Crippen molar-refractivity contribution in [2.45, 2.75) is 25.9 Å². The van der Waals surface area contributed by atoms with E-state index in [2.05, 4.69) is 4.98 Å². The van der Waals surface area contributed by atoms with Gasteiger partial charge in [-0.2, -0.15) is 22.0 Å². The van der Waals surface area contributed by atoms with E-state index >= 15 is 0 Å². The van der Waals surface area contributed by atoms with Crippen LogP contribution in [0.15, 0.2) is 18.3 Å². The molecule has 1 N–H and O–H groups in total. The predicted octanol–water partition coefficient (Wildman–Crippen LogP) is 3.06. The summed E-state index contributed by atoms with van der Waals surface area (Å²) in [5.41, 5.74) is -0.236. The van der Waals surface area contributed by atoms with Crippen LogP contribution in [0.4, 0.5) is 33.5 Å². The third-order valence-electron chi connectivity index (χ3n) is 2.73. The van der Waals surface area contributed by atoms with Crippen molar-refractivity contribution in [3.8, 4) is 0 Å². The fourth-order valence-electron chi connectivity index (χ4n) is 1.53. The molecule has 1 rings (SSSR count). The van der Waals surface area contributed by atoms with Crippen LogP contribution in [-0.2, 0) is 4.79 Å². The van der Waals surface area contributed by atoms with Crippen molar-refractivity contribution in [1.82, 2.24) is 4.98 Å². The van der Waals surface area contributed by atoms with Gasteiger partial charge in [0, 0.05) is 13.1 Å². The van der Waals surface area contributed by atoms with Gasteiger partial charge in [-0.25, -0.2) is 4.98 Å². The Bertz CT molecular complexity index is 483. The summed E-state index contributed by atoms with van der Waals surface area (Å²) in [6.07, 6.45) is -4.91. The highest BCUT2D eigenvalue weighted by Crippen LogP contribution is 2.36. The monoisotopic (exact) mass is 311 g/mol. The molecule has 0 aliphatic heterocycles. The second kappa shape index (κ2) is 6.23. The smallest absolute Gasteiger partial charge is 0.357 e. The summed E-state index contributed by atoms with van der Waals surface area (Å²) >= 11 is 0. The Balaban J connectivity index is 2.83. The Morgan fingerprint density at radius 3 is 2.14 bits per heavy atom. The van der Waals surface area contributed by atoms with Gasteiger partial charge in [0.1, 0.15) is 5.82 Å². The predicted molar refractivity (Wildman–Crippen MR) is 67.4 cm³/mol. The lowest BCUT2D eigenvalue weighted by Gasteiger charge is -2.20. The number of rotatable bonds is 5. The zero-order valence-electron chi connectivity index (χ0n) is 11.3. The Morgan fingerprint density at radius 2 is 1.76 bits per heavy atom. The van der Waals surface area contributed by atoms with Gasteiger partial charge in [0.15, 0.2) is 0 Å². The first-order valence-electron chi connectivity index (χ1n) is 6.10. The molecule has 1 amide bonds. The molecule has 0 radical (unpaired) electrons. The molecule has 0 atom stereocenters. The molecule has 0 aliphatic carbocycles. The van der Waals surface area contributed by atoms with Gasteiger partial charge in [0.25, 0.3) is 0 Å². The maximum absolute atomic E-state index is 12.8. The first-order chi connectivity index (χ1) is 9.63. The Hall–Kier alpha value is -1.93.